The molecule has 1 heterocycles. The van der Waals surface area contributed by atoms with Crippen LogP contribution in [0.15, 0.2) is 24.3 Å². The van der Waals surface area contributed by atoms with E-state index in [2.05, 4.69) is 15.3 Å². The van der Waals surface area contributed by atoms with Gasteiger partial charge in [-0.05, 0) is 19.1 Å². The zero-order valence-electron chi connectivity index (χ0n) is 10.7. The summed E-state index contributed by atoms with van der Waals surface area (Å²) in [6, 6.07) is 4.60. The largest absolute Gasteiger partial charge is 0.416 e. The van der Waals surface area contributed by atoms with Gasteiger partial charge in [0.05, 0.1) is 11.3 Å². The molecule has 2 rings (SSSR count). The quantitative estimate of drug-likeness (QED) is 0.856. The maximum Gasteiger partial charge on any atom is 0.416 e. The molecular formula is C13H11F4N3. The first-order chi connectivity index (χ1) is 9.32. The number of benzene rings is 1. The molecule has 1 aromatic heterocycles. The van der Waals surface area contributed by atoms with Gasteiger partial charge in [-0.2, -0.15) is 13.2 Å². The zero-order valence-corrected chi connectivity index (χ0v) is 10.7. The predicted molar refractivity (Wildman–Crippen MR) is 66.7 cm³/mol. The summed E-state index contributed by atoms with van der Waals surface area (Å²) in [4.78, 5) is 7.76. The number of nitrogens with zero attached hydrogens (tertiary/aromatic N) is 2. The van der Waals surface area contributed by atoms with Crippen LogP contribution >= 0.6 is 0 Å². The minimum Gasteiger partial charge on any atom is -0.371 e. The van der Waals surface area contributed by atoms with Gasteiger partial charge in [-0.25, -0.2) is 14.4 Å². The molecule has 0 aliphatic heterocycles. The summed E-state index contributed by atoms with van der Waals surface area (Å²) in [5.74, 6) is -0.632. The molecule has 0 bridgehead atoms. The number of nitrogens with one attached hydrogen (secondary N) is 1. The molecule has 0 saturated carbocycles. The fraction of sp³-hybridized carbons (Fsp3) is 0.231. The Morgan fingerprint density at radius 2 is 1.85 bits per heavy atom. The number of anilines is 1. The number of aromatic nitrogens is 2. The van der Waals surface area contributed by atoms with Crippen LogP contribution in [0.3, 0.4) is 0 Å². The summed E-state index contributed by atoms with van der Waals surface area (Å²) in [5.41, 5.74) is -0.553. The van der Waals surface area contributed by atoms with E-state index >= 15 is 0 Å². The van der Waals surface area contributed by atoms with Gasteiger partial charge in [-0.15, -0.1) is 0 Å². The van der Waals surface area contributed by atoms with Crippen molar-refractivity contribution in [1.29, 1.82) is 0 Å². The Bertz CT molecular complexity index is 638. The van der Waals surface area contributed by atoms with Crippen LogP contribution in [-0.2, 0) is 6.18 Å². The minimum atomic E-state index is -4.45. The molecule has 1 aromatic carbocycles. The first-order valence-electron chi connectivity index (χ1n) is 5.72. The van der Waals surface area contributed by atoms with E-state index < -0.39 is 17.6 Å². The number of aryl methyl sites for hydroxylation is 1. The fourth-order valence-electron chi connectivity index (χ4n) is 1.69. The Hall–Kier alpha value is -2.18. The molecule has 0 aliphatic rings. The van der Waals surface area contributed by atoms with Crippen LogP contribution in [0.25, 0.3) is 11.4 Å². The molecule has 3 nitrogen and oxygen atoms in total. The molecule has 0 atom stereocenters. The van der Waals surface area contributed by atoms with E-state index in [1.165, 1.54) is 26.1 Å². The highest BCUT2D eigenvalue weighted by Crippen LogP contribution is 2.31. The van der Waals surface area contributed by atoms with E-state index in [1.54, 1.807) is 0 Å². The van der Waals surface area contributed by atoms with Crippen molar-refractivity contribution in [3.05, 3.63) is 41.3 Å². The maximum absolute atomic E-state index is 13.6. The van der Waals surface area contributed by atoms with Gasteiger partial charge >= 0.3 is 6.18 Å². The van der Waals surface area contributed by atoms with Gasteiger partial charge in [0.25, 0.3) is 0 Å². The molecule has 0 radical (unpaired) electrons. The number of halogens is 4. The summed E-state index contributed by atoms with van der Waals surface area (Å²) in [7, 11) is 1.47. The van der Waals surface area contributed by atoms with Crippen molar-refractivity contribution in [2.45, 2.75) is 13.1 Å². The van der Waals surface area contributed by atoms with E-state index in [-0.39, 0.29) is 22.9 Å². The van der Waals surface area contributed by atoms with Crippen molar-refractivity contribution < 1.29 is 17.6 Å². The monoisotopic (exact) mass is 285 g/mol. The molecule has 0 amide bonds. The number of alkyl halides is 3. The van der Waals surface area contributed by atoms with Crippen molar-refractivity contribution in [3.8, 4) is 11.4 Å². The molecule has 2 aromatic rings. The minimum absolute atomic E-state index is 0.0411. The maximum atomic E-state index is 13.6. The SMILES string of the molecule is CNc1nc(-c2cccc(C(F)(F)F)c2)nc(C)c1F. The molecule has 0 spiro atoms. The molecule has 1 N–H and O–H groups in total. The third kappa shape index (κ3) is 2.71. The Balaban J connectivity index is 2.55. The number of rotatable bonds is 2. The standard InChI is InChI=1S/C13H11F4N3/c1-7-10(14)12(18-2)20-11(19-7)8-4-3-5-9(6-8)13(15,16)17/h3-6H,1-2H3,(H,18,19,20). The number of hydrogen-bond acceptors (Lipinski definition) is 3. The second-order valence-corrected chi connectivity index (χ2v) is 4.12. The van der Waals surface area contributed by atoms with E-state index in [0.29, 0.717) is 0 Å². The second kappa shape index (κ2) is 5.07. The van der Waals surface area contributed by atoms with Crippen LogP contribution in [0, 0.1) is 12.7 Å². The van der Waals surface area contributed by atoms with Crippen LogP contribution in [0.1, 0.15) is 11.3 Å². The van der Waals surface area contributed by atoms with Crippen LogP contribution < -0.4 is 5.32 Å². The van der Waals surface area contributed by atoms with Gasteiger partial charge < -0.3 is 5.32 Å². The fourth-order valence-corrected chi connectivity index (χ4v) is 1.69. The average molecular weight is 285 g/mol. The molecular weight excluding hydrogens is 274 g/mol. The Kier molecular flexibility index (Phi) is 3.61. The summed E-state index contributed by atoms with van der Waals surface area (Å²) >= 11 is 0. The lowest BCUT2D eigenvalue weighted by Gasteiger charge is -2.10. The summed E-state index contributed by atoms with van der Waals surface area (Å²) in [6.45, 7) is 1.43. The third-order valence-electron chi connectivity index (χ3n) is 2.70. The Labute approximate surface area is 112 Å². The van der Waals surface area contributed by atoms with E-state index in [1.807, 2.05) is 0 Å². The van der Waals surface area contributed by atoms with Gasteiger partial charge in [-0.1, -0.05) is 12.1 Å². The van der Waals surface area contributed by atoms with E-state index in [0.717, 1.165) is 12.1 Å². The molecule has 7 heteroatoms. The Morgan fingerprint density at radius 3 is 2.45 bits per heavy atom. The van der Waals surface area contributed by atoms with Gasteiger partial charge in [0.2, 0.25) is 0 Å². The van der Waals surface area contributed by atoms with Gasteiger partial charge in [0.1, 0.15) is 0 Å². The highest BCUT2D eigenvalue weighted by atomic mass is 19.4. The molecule has 0 unspecified atom stereocenters. The van der Waals surface area contributed by atoms with E-state index in [9.17, 15) is 17.6 Å². The second-order valence-electron chi connectivity index (χ2n) is 4.12. The smallest absolute Gasteiger partial charge is 0.371 e. The van der Waals surface area contributed by atoms with Gasteiger partial charge in [0.15, 0.2) is 17.5 Å². The van der Waals surface area contributed by atoms with Gasteiger partial charge in [-0.3, -0.25) is 0 Å². The molecule has 106 valence electrons. The van der Waals surface area contributed by atoms with Crippen LogP contribution in [0.2, 0.25) is 0 Å². The first kappa shape index (κ1) is 14.2. The number of hydrogen-bond donors (Lipinski definition) is 1. The first-order valence-corrected chi connectivity index (χ1v) is 5.72. The summed E-state index contributed by atoms with van der Waals surface area (Å²) in [6.07, 6.45) is -4.45. The van der Waals surface area contributed by atoms with Crippen molar-refractivity contribution in [3.63, 3.8) is 0 Å². The van der Waals surface area contributed by atoms with Crippen molar-refractivity contribution >= 4 is 5.82 Å². The van der Waals surface area contributed by atoms with Crippen LogP contribution in [0.4, 0.5) is 23.4 Å². The highest BCUT2D eigenvalue weighted by molar-refractivity contribution is 5.59. The van der Waals surface area contributed by atoms with Crippen molar-refractivity contribution in [2.75, 3.05) is 12.4 Å². The van der Waals surface area contributed by atoms with Crippen molar-refractivity contribution in [1.82, 2.24) is 9.97 Å². The lowest BCUT2D eigenvalue weighted by molar-refractivity contribution is -0.137. The molecule has 0 saturated heterocycles. The van der Waals surface area contributed by atoms with E-state index in [4.69, 9.17) is 0 Å². The van der Waals surface area contributed by atoms with Crippen molar-refractivity contribution in [2.24, 2.45) is 0 Å². The lowest BCUT2D eigenvalue weighted by atomic mass is 10.1. The molecule has 20 heavy (non-hydrogen) atoms. The highest BCUT2D eigenvalue weighted by Gasteiger charge is 2.30. The lowest BCUT2D eigenvalue weighted by Crippen LogP contribution is -2.06. The van der Waals surface area contributed by atoms with Gasteiger partial charge in [0, 0.05) is 12.6 Å². The average Bonchev–Trinajstić information content (AvgIpc) is 2.41. The molecule has 0 fully saturated rings. The zero-order chi connectivity index (χ0) is 14.9. The topological polar surface area (TPSA) is 37.8 Å². The summed E-state index contributed by atoms with van der Waals surface area (Å²) in [5, 5.41) is 2.54. The Morgan fingerprint density at radius 1 is 1.15 bits per heavy atom. The predicted octanol–water partition coefficient (Wildman–Crippen LogP) is 3.65. The molecule has 0 aliphatic carbocycles. The third-order valence-corrected chi connectivity index (χ3v) is 2.70. The van der Waals surface area contributed by atoms with Crippen LogP contribution in [-0.4, -0.2) is 17.0 Å². The summed E-state index contributed by atoms with van der Waals surface area (Å²) < 4.78 is 51.6. The van der Waals surface area contributed by atoms with Crippen LogP contribution in [0.5, 0.6) is 0 Å². The normalized spacial score (nSPS) is 11.5.